The van der Waals surface area contributed by atoms with E-state index in [0.717, 1.165) is 30.6 Å². The van der Waals surface area contributed by atoms with Crippen LogP contribution in [0, 0.1) is 0 Å². The Labute approximate surface area is 134 Å². The third-order valence-corrected chi connectivity index (χ3v) is 8.12. The van der Waals surface area contributed by atoms with Crippen LogP contribution in [-0.4, -0.2) is 37.0 Å². The number of carboxylic acid groups (broad SMARTS) is 1. The molecule has 2 rings (SSSR count). The van der Waals surface area contributed by atoms with Gasteiger partial charge in [0.05, 0.1) is 3.79 Å². The highest BCUT2D eigenvalue weighted by molar-refractivity contribution is 9.11. The van der Waals surface area contributed by atoms with Crippen molar-refractivity contribution in [3.8, 4) is 0 Å². The van der Waals surface area contributed by atoms with E-state index in [-0.39, 0.29) is 21.1 Å². The molecule has 0 saturated heterocycles. The van der Waals surface area contributed by atoms with Crippen LogP contribution in [0.5, 0.6) is 0 Å². The molecule has 1 aliphatic carbocycles. The lowest BCUT2D eigenvalue weighted by molar-refractivity contribution is 0.0702. The van der Waals surface area contributed by atoms with Gasteiger partial charge >= 0.3 is 5.97 Å². The van der Waals surface area contributed by atoms with E-state index in [0.29, 0.717) is 3.79 Å². The van der Waals surface area contributed by atoms with Crippen LogP contribution in [-0.2, 0) is 10.0 Å². The molecular formula is C11H14BrNO4S3. The van der Waals surface area contributed by atoms with Crippen molar-refractivity contribution < 1.29 is 18.3 Å². The molecule has 1 aromatic rings. The van der Waals surface area contributed by atoms with Crippen LogP contribution < -0.4 is 4.72 Å². The molecule has 2 unspecified atom stereocenters. The molecule has 20 heavy (non-hydrogen) atoms. The van der Waals surface area contributed by atoms with Gasteiger partial charge in [-0.1, -0.05) is 6.42 Å². The summed E-state index contributed by atoms with van der Waals surface area (Å²) in [7, 11) is -3.69. The number of hydrogen-bond donors (Lipinski definition) is 2. The van der Waals surface area contributed by atoms with Gasteiger partial charge in [0.1, 0.15) is 9.77 Å². The molecule has 0 aromatic carbocycles. The van der Waals surface area contributed by atoms with Crippen molar-refractivity contribution in [1.29, 1.82) is 0 Å². The highest BCUT2D eigenvalue weighted by atomic mass is 79.9. The number of nitrogens with one attached hydrogen (secondary N) is 1. The summed E-state index contributed by atoms with van der Waals surface area (Å²) in [6.45, 7) is 0. The molecule has 1 aromatic heterocycles. The highest BCUT2D eigenvalue weighted by Crippen LogP contribution is 2.34. The van der Waals surface area contributed by atoms with Gasteiger partial charge in [0.2, 0.25) is 10.0 Å². The number of carbonyl (C=O) groups is 1. The average Bonchev–Trinajstić information content (AvgIpc) is 2.95. The summed E-state index contributed by atoms with van der Waals surface area (Å²) in [6, 6.07) is 1.11. The van der Waals surface area contributed by atoms with Crippen molar-refractivity contribution in [3.63, 3.8) is 0 Å². The molecule has 0 bridgehead atoms. The molecule has 1 heterocycles. The number of thiophene rings is 1. The van der Waals surface area contributed by atoms with E-state index < -0.39 is 16.0 Å². The van der Waals surface area contributed by atoms with Crippen molar-refractivity contribution in [3.05, 3.63) is 14.7 Å². The van der Waals surface area contributed by atoms with Gasteiger partial charge in [0.25, 0.3) is 0 Å². The third-order valence-electron chi connectivity index (χ3n) is 3.22. The van der Waals surface area contributed by atoms with Crippen LogP contribution in [0.1, 0.15) is 28.9 Å². The van der Waals surface area contributed by atoms with E-state index in [1.165, 1.54) is 6.07 Å². The first-order valence-corrected chi connectivity index (χ1v) is 10.3. The van der Waals surface area contributed by atoms with Gasteiger partial charge in [-0.05, 0) is 41.1 Å². The Balaban J connectivity index is 2.24. The van der Waals surface area contributed by atoms with Crippen LogP contribution in [0.15, 0.2) is 14.7 Å². The minimum Gasteiger partial charge on any atom is -0.477 e. The minimum absolute atomic E-state index is 0.00471. The van der Waals surface area contributed by atoms with Gasteiger partial charge in [-0.25, -0.2) is 17.9 Å². The molecule has 1 aliphatic rings. The lowest BCUT2D eigenvalue weighted by Crippen LogP contribution is -2.38. The molecule has 0 radical (unpaired) electrons. The Morgan fingerprint density at radius 3 is 2.80 bits per heavy atom. The number of rotatable bonds is 5. The summed E-state index contributed by atoms with van der Waals surface area (Å²) in [5, 5.41) is 9.20. The van der Waals surface area contributed by atoms with E-state index in [9.17, 15) is 13.2 Å². The topological polar surface area (TPSA) is 83.5 Å². The summed E-state index contributed by atoms with van der Waals surface area (Å²) >= 11 is 5.70. The third kappa shape index (κ3) is 3.38. The van der Waals surface area contributed by atoms with Gasteiger partial charge in [-0.2, -0.15) is 11.8 Å². The number of halogens is 1. The maximum absolute atomic E-state index is 12.4. The van der Waals surface area contributed by atoms with Crippen molar-refractivity contribution in [2.24, 2.45) is 0 Å². The highest BCUT2D eigenvalue weighted by Gasteiger charge is 2.32. The first-order chi connectivity index (χ1) is 9.35. The smallest absolute Gasteiger partial charge is 0.345 e. The fourth-order valence-corrected chi connectivity index (χ4v) is 6.98. The summed E-state index contributed by atoms with van der Waals surface area (Å²) in [4.78, 5) is 10.9. The Morgan fingerprint density at radius 1 is 1.55 bits per heavy atom. The molecule has 2 atom stereocenters. The Kier molecular flexibility index (Phi) is 5.17. The monoisotopic (exact) mass is 399 g/mol. The van der Waals surface area contributed by atoms with Crippen LogP contribution in [0.4, 0.5) is 0 Å². The zero-order valence-corrected chi connectivity index (χ0v) is 14.7. The Bertz CT molecular complexity index is 613. The van der Waals surface area contributed by atoms with Gasteiger partial charge in [-0.3, -0.25) is 0 Å². The first kappa shape index (κ1) is 16.3. The number of carboxylic acids is 1. The van der Waals surface area contributed by atoms with E-state index in [2.05, 4.69) is 20.7 Å². The zero-order valence-electron chi connectivity index (χ0n) is 10.6. The number of sulfonamides is 1. The minimum atomic E-state index is -3.69. The van der Waals surface area contributed by atoms with Gasteiger partial charge in [0.15, 0.2) is 0 Å². The van der Waals surface area contributed by atoms with Gasteiger partial charge < -0.3 is 5.11 Å². The molecule has 1 saturated carbocycles. The Morgan fingerprint density at radius 2 is 2.25 bits per heavy atom. The SMILES string of the molecule is CSC1CCCC1NS(=O)(=O)c1cc(C(=O)O)sc1Br. The lowest BCUT2D eigenvalue weighted by atomic mass is 10.3. The maximum atomic E-state index is 12.4. The molecule has 0 aliphatic heterocycles. The summed E-state index contributed by atoms with van der Waals surface area (Å²) in [5.74, 6) is -1.12. The van der Waals surface area contributed by atoms with Crippen LogP contribution in [0.3, 0.4) is 0 Å². The molecular weight excluding hydrogens is 386 g/mol. The van der Waals surface area contributed by atoms with Gasteiger partial charge in [-0.15, -0.1) is 11.3 Å². The van der Waals surface area contributed by atoms with Crippen LogP contribution in [0.2, 0.25) is 0 Å². The molecule has 2 N–H and O–H groups in total. The molecule has 1 fully saturated rings. The average molecular weight is 400 g/mol. The fraction of sp³-hybridized carbons (Fsp3) is 0.545. The van der Waals surface area contributed by atoms with Crippen LogP contribution >= 0.6 is 39.0 Å². The molecule has 0 amide bonds. The standard InChI is InChI=1S/C11H14BrNO4S3/c1-18-7-4-2-3-6(7)13-20(16,17)9-5-8(11(14)15)19-10(9)12/h5-7,13H,2-4H2,1H3,(H,14,15). The first-order valence-electron chi connectivity index (χ1n) is 5.93. The van der Waals surface area contributed by atoms with Crippen molar-refractivity contribution in [2.75, 3.05) is 6.26 Å². The quantitative estimate of drug-likeness (QED) is 0.794. The Hall–Kier alpha value is -0.0900. The fourth-order valence-electron chi connectivity index (χ4n) is 2.25. The van der Waals surface area contributed by atoms with Gasteiger partial charge in [0, 0.05) is 11.3 Å². The normalized spacial score (nSPS) is 23.1. The summed E-state index contributed by atoms with van der Waals surface area (Å²) in [5.41, 5.74) is 0. The van der Waals surface area contributed by atoms with Crippen molar-refractivity contribution >= 4 is 55.0 Å². The second kappa shape index (κ2) is 6.35. The molecule has 0 spiro atoms. The van der Waals surface area contributed by atoms with E-state index in [1.54, 1.807) is 11.8 Å². The number of thioether (sulfide) groups is 1. The predicted octanol–water partition coefficient (Wildman–Crippen LogP) is 2.77. The van der Waals surface area contributed by atoms with Crippen molar-refractivity contribution in [1.82, 2.24) is 4.72 Å². The summed E-state index contributed by atoms with van der Waals surface area (Å²) in [6.07, 6.45) is 4.79. The summed E-state index contributed by atoms with van der Waals surface area (Å²) < 4.78 is 27.8. The van der Waals surface area contributed by atoms with E-state index >= 15 is 0 Å². The second-order valence-corrected chi connectivity index (χ2v) is 9.62. The lowest BCUT2D eigenvalue weighted by Gasteiger charge is -2.18. The molecule has 112 valence electrons. The molecule has 5 nitrogen and oxygen atoms in total. The maximum Gasteiger partial charge on any atom is 0.345 e. The largest absolute Gasteiger partial charge is 0.477 e. The second-order valence-electron chi connectivity index (χ2n) is 4.49. The predicted molar refractivity (Wildman–Crippen MR) is 84.2 cm³/mol. The molecule has 9 heteroatoms. The van der Waals surface area contributed by atoms with Crippen molar-refractivity contribution in [2.45, 2.75) is 35.4 Å². The van der Waals surface area contributed by atoms with E-state index in [1.807, 2.05) is 6.26 Å². The van der Waals surface area contributed by atoms with Crippen LogP contribution in [0.25, 0.3) is 0 Å². The number of aromatic carboxylic acids is 1. The zero-order chi connectivity index (χ0) is 14.9. The van der Waals surface area contributed by atoms with E-state index in [4.69, 9.17) is 5.11 Å². The number of hydrogen-bond acceptors (Lipinski definition) is 5.